The molecule has 0 aromatic heterocycles. The first-order valence-corrected chi connectivity index (χ1v) is 6.07. The number of carbonyl (C=O) groups is 2. The number of hydrogen-bond donors (Lipinski definition) is 2. The second-order valence-electron chi connectivity index (χ2n) is 4.45. The second-order valence-corrected chi connectivity index (χ2v) is 4.45. The smallest absolute Gasteiger partial charge is 0.322 e. The Labute approximate surface area is 103 Å². The molecule has 0 aromatic carbocycles. The highest BCUT2D eigenvalue weighted by Crippen LogP contribution is 1.98. The number of esters is 1. The fraction of sp³-hybridized carbons (Fsp3) is 0.833. The Morgan fingerprint density at radius 1 is 1.18 bits per heavy atom. The number of nitrogens with one attached hydrogen (secondary N) is 2. The van der Waals surface area contributed by atoms with Crippen molar-refractivity contribution in [1.82, 2.24) is 10.6 Å². The maximum Gasteiger partial charge on any atom is 0.322 e. The van der Waals surface area contributed by atoms with Gasteiger partial charge in [-0.05, 0) is 26.7 Å². The highest BCUT2D eigenvalue weighted by atomic mass is 16.5. The lowest BCUT2D eigenvalue weighted by molar-refractivity contribution is -0.145. The summed E-state index contributed by atoms with van der Waals surface area (Å²) in [6.45, 7) is 9.94. The molecule has 0 saturated heterocycles. The molecular weight excluding hydrogens is 220 g/mol. The molecule has 17 heavy (non-hydrogen) atoms. The van der Waals surface area contributed by atoms with Crippen molar-refractivity contribution in [2.24, 2.45) is 5.92 Å². The third-order valence-electron chi connectivity index (χ3n) is 2.60. The van der Waals surface area contributed by atoms with Crippen LogP contribution in [0.4, 0.5) is 0 Å². The Hall–Kier alpha value is -1.10. The molecule has 0 saturated carbocycles. The highest BCUT2D eigenvalue weighted by Gasteiger charge is 2.15. The molecular formula is C12H24N2O3. The lowest BCUT2D eigenvalue weighted by Gasteiger charge is -2.18. The third-order valence-corrected chi connectivity index (χ3v) is 2.60. The number of ether oxygens (including phenoxy) is 1. The number of hydrogen-bond acceptors (Lipinski definition) is 4. The van der Waals surface area contributed by atoms with Crippen LogP contribution in [0.25, 0.3) is 0 Å². The molecule has 0 radical (unpaired) electrons. The van der Waals surface area contributed by atoms with Gasteiger partial charge in [0.2, 0.25) is 5.91 Å². The molecule has 2 unspecified atom stereocenters. The van der Waals surface area contributed by atoms with E-state index in [1.807, 2.05) is 20.8 Å². The monoisotopic (exact) mass is 244 g/mol. The number of carbonyl (C=O) groups excluding carboxylic acids is 2. The van der Waals surface area contributed by atoms with Crippen LogP contribution in [-0.2, 0) is 14.3 Å². The molecule has 0 aromatic rings. The predicted molar refractivity (Wildman–Crippen MR) is 66.5 cm³/mol. The van der Waals surface area contributed by atoms with Gasteiger partial charge < -0.3 is 10.1 Å². The van der Waals surface area contributed by atoms with Crippen LogP contribution in [0.3, 0.4) is 0 Å². The molecule has 5 heteroatoms. The summed E-state index contributed by atoms with van der Waals surface area (Å²) in [5.74, 6) is -0.0546. The largest absolute Gasteiger partial charge is 0.465 e. The topological polar surface area (TPSA) is 67.4 Å². The van der Waals surface area contributed by atoms with Crippen molar-refractivity contribution in [2.45, 2.75) is 46.7 Å². The van der Waals surface area contributed by atoms with Crippen molar-refractivity contribution in [3.63, 3.8) is 0 Å². The lowest BCUT2D eigenvalue weighted by atomic mass is 10.1. The van der Waals surface area contributed by atoms with Crippen LogP contribution in [-0.4, -0.2) is 37.1 Å². The van der Waals surface area contributed by atoms with E-state index in [0.717, 1.165) is 0 Å². The molecule has 0 fully saturated rings. The number of rotatable bonds is 7. The van der Waals surface area contributed by atoms with Crippen LogP contribution in [0.15, 0.2) is 0 Å². The van der Waals surface area contributed by atoms with Crippen molar-refractivity contribution >= 4 is 11.9 Å². The van der Waals surface area contributed by atoms with Crippen LogP contribution >= 0.6 is 0 Å². The maximum atomic E-state index is 11.5. The minimum Gasteiger partial charge on any atom is -0.465 e. The van der Waals surface area contributed by atoms with Crippen molar-refractivity contribution in [3.8, 4) is 0 Å². The summed E-state index contributed by atoms with van der Waals surface area (Å²) >= 11 is 0. The van der Waals surface area contributed by atoms with E-state index in [2.05, 4.69) is 10.6 Å². The normalized spacial score (nSPS) is 14.2. The van der Waals surface area contributed by atoms with Gasteiger partial charge in [0.1, 0.15) is 6.04 Å². The van der Waals surface area contributed by atoms with Crippen LogP contribution < -0.4 is 10.6 Å². The van der Waals surface area contributed by atoms with Gasteiger partial charge in [-0.2, -0.15) is 0 Å². The van der Waals surface area contributed by atoms with Crippen LogP contribution in [0.2, 0.25) is 0 Å². The minimum atomic E-state index is -0.463. The van der Waals surface area contributed by atoms with Gasteiger partial charge in [-0.25, -0.2) is 0 Å². The van der Waals surface area contributed by atoms with E-state index in [-0.39, 0.29) is 24.5 Å². The summed E-state index contributed by atoms with van der Waals surface area (Å²) in [5.41, 5.74) is 0. The molecule has 0 heterocycles. The Balaban J connectivity index is 3.87. The zero-order valence-electron chi connectivity index (χ0n) is 11.4. The van der Waals surface area contributed by atoms with Gasteiger partial charge in [0.25, 0.3) is 0 Å². The second kappa shape index (κ2) is 8.06. The molecule has 0 bridgehead atoms. The predicted octanol–water partition coefficient (Wildman–Crippen LogP) is 0.688. The van der Waals surface area contributed by atoms with E-state index in [4.69, 9.17) is 4.74 Å². The minimum absolute atomic E-state index is 0.109. The van der Waals surface area contributed by atoms with Gasteiger partial charge in [-0.15, -0.1) is 0 Å². The SMILES string of the molecule is CCOC(=O)C(C)NCC(=O)NC(C)C(C)C. The van der Waals surface area contributed by atoms with Gasteiger partial charge in [-0.1, -0.05) is 13.8 Å². The van der Waals surface area contributed by atoms with E-state index in [0.29, 0.717) is 12.5 Å². The van der Waals surface area contributed by atoms with Gasteiger partial charge in [0, 0.05) is 6.04 Å². The summed E-state index contributed by atoms with van der Waals surface area (Å²) < 4.78 is 4.82. The summed E-state index contributed by atoms with van der Waals surface area (Å²) in [6.07, 6.45) is 0. The van der Waals surface area contributed by atoms with E-state index in [1.54, 1.807) is 13.8 Å². The van der Waals surface area contributed by atoms with E-state index >= 15 is 0 Å². The molecule has 100 valence electrons. The average molecular weight is 244 g/mol. The standard InChI is InChI=1S/C12H24N2O3/c1-6-17-12(16)10(5)13-7-11(15)14-9(4)8(2)3/h8-10,13H,6-7H2,1-5H3,(H,14,15). The molecule has 5 nitrogen and oxygen atoms in total. The molecule has 0 aliphatic carbocycles. The van der Waals surface area contributed by atoms with E-state index in [1.165, 1.54) is 0 Å². The molecule has 0 aliphatic heterocycles. The van der Waals surface area contributed by atoms with E-state index in [9.17, 15) is 9.59 Å². The first-order chi connectivity index (χ1) is 7.88. The fourth-order valence-electron chi connectivity index (χ4n) is 1.07. The summed E-state index contributed by atoms with van der Waals surface area (Å²) in [6, 6.07) is -0.336. The Morgan fingerprint density at radius 2 is 1.76 bits per heavy atom. The van der Waals surface area contributed by atoms with E-state index < -0.39 is 6.04 Å². The maximum absolute atomic E-state index is 11.5. The van der Waals surface area contributed by atoms with Crippen molar-refractivity contribution in [1.29, 1.82) is 0 Å². The molecule has 1 amide bonds. The molecule has 2 atom stereocenters. The number of amides is 1. The van der Waals surface area contributed by atoms with Gasteiger partial charge in [0.15, 0.2) is 0 Å². The lowest BCUT2D eigenvalue weighted by Crippen LogP contribution is -2.45. The first kappa shape index (κ1) is 15.9. The quantitative estimate of drug-likeness (QED) is 0.647. The van der Waals surface area contributed by atoms with Gasteiger partial charge >= 0.3 is 5.97 Å². The van der Waals surface area contributed by atoms with Gasteiger partial charge in [0.05, 0.1) is 13.2 Å². The third kappa shape index (κ3) is 6.94. The molecule has 0 aliphatic rings. The van der Waals surface area contributed by atoms with Crippen molar-refractivity contribution in [3.05, 3.63) is 0 Å². The summed E-state index contributed by atoms with van der Waals surface area (Å²) in [4.78, 5) is 22.8. The first-order valence-electron chi connectivity index (χ1n) is 6.07. The fourth-order valence-corrected chi connectivity index (χ4v) is 1.07. The molecule has 2 N–H and O–H groups in total. The van der Waals surface area contributed by atoms with Crippen LogP contribution in [0.1, 0.15) is 34.6 Å². The zero-order valence-corrected chi connectivity index (χ0v) is 11.4. The Bertz CT molecular complexity index is 254. The molecule has 0 spiro atoms. The van der Waals surface area contributed by atoms with Crippen molar-refractivity contribution < 1.29 is 14.3 Å². The summed E-state index contributed by atoms with van der Waals surface area (Å²) in [7, 11) is 0. The van der Waals surface area contributed by atoms with Gasteiger partial charge in [-0.3, -0.25) is 14.9 Å². The Morgan fingerprint density at radius 3 is 2.24 bits per heavy atom. The average Bonchev–Trinajstić information content (AvgIpc) is 2.25. The Kier molecular flexibility index (Phi) is 7.54. The van der Waals surface area contributed by atoms with Crippen LogP contribution in [0, 0.1) is 5.92 Å². The zero-order chi connectivity index (χ0) is 13.4. The highest BCUT2D eigenvalue weighted by molar-refractivity contribution is 5.80. The summed E-state index contributed by atoms with van der Waals surface area (Å²) in [5, 5.41) is 5.68. The molecule has 0 rings (SSSR count). The van der Waals surface area contributed by atoms with Crippen molar-refractivity contribution in [2.75, 3.05) is 13.2 Å². The van der Waals surface area contributed by atoms with Crippen LogP contribution in [0.5, 0.6) is 0 Å².